The lowest BCUT2D eigenvalue weighted by molar-refractivity contribution is 0.355. The van der Waals surface area contributed by atoms with Gasteiger partial charge in [0.25, 0.3) is 0 Å². The average Bonchev–Trinajstić information content (AvgIpc) is 2.75. The van der Waals surface area contributed by atoms with Gasteiger partial charge in [0.05, 0.1) is 11.7 Å². The molecular formula is C16H17N3S. The molecule has 1 aromatic heterocycles. The van der Waals surface area contributed by atoms with Crippen molar-refractivity contribution in [3.63, 3.8) is 0 Å². The first-order valence-corrected chi connectivity index (χ1v) is 7.05. The molecular weight excluding hydrogens is 266 g/mol. The van der Waals surface area contributed by atoms with Crippen LogP contribution < -0.4 is 5.43 Å². The summed E-state index contributed by atoms with van der Waals surface area (Å²) in [6.07, 6.45) is 3.67. The molecule has 0 saturated carbocycles. The molecule has 1 aliphatic rings. The lowest BCUT2D eigenvalue weighted by Gasteiger charge is -2.17. The molecule has 1 aliphatic heterocycles. The summed E-state index contributed by atoms with van der Waals surface area (Å²) >= 11 is 4.35. The number of aromatic nitrogens is 1. The van der Waals surface area contributed by atoms with Crippen molar-refractivity contribution in [2.45, 2.75) is 17.9 Å². The van der Waals surface area contributed by atoms with Gasteiger partial charge in [0, 0.05) is 29.9 Å². The summed E-state index contributed by atoms with van der Waals surface area (Å²) in [7, 11) is 2.05. The highest BCUT2D eigenvalue weighted by molar-refractivity contribution is 7.80. The molecule has 3 nitrogen and oxygen atoms in total. The lowest BCUT2D eigenvalue weighted by atomic mass is 9.97. The Labute approximate surface area is 124 Å². The summed E-state index contributed by atoms with van der Waals surface area (Å²) in [6.45, 7) is 2.17. The minimum atomic E-state index is 0.271. The lowest BCUT2D eigenvalue weighted by Crippen LogP contribution is -2.32. The number of nitrogens with one attached hydrogen (secondary N) is 1. The van der Waals surface area contributed by atoms with Crippen molar-refractivity contribution in [3.8, 4) is 0 Å². The Kier molecular flexibility index (Phi) is 3.51. The molecule has 1 aromatic carbocycles. The second-order valence-electron chi connectivity index (χ2n) is 4.95. The highest BCUT2D eigenvalue weighted by Crippen LogP contribution is 2.35. The third kappa shape index (κ3) is 2.32. The van der Waals surface area contributed by atoms with Gasteiger partial charge in [-0.15, -0.1) is 12.6 Å². The van der Waals surface area contributed by atoms with Gasteiger partial charge in [0.2, 0.25) is 0 Å². The van der Waals surface area contributed by atoms with E-state index in [1.54, 1.807) is 0 Å². The third-order valence-corrected chi connectivity index (χ3v) is 3.84. The van der Waals surface area contributed by atoms with Gasteiger partial charge in [-0.2, -0.15) is 0 Å². The summed E-state index contributed by atoms with van der Waals surface area (Å²) in [6, 6.07) is 12.6. The van der Waals surface area contributed by atoms with Gasteiger partial charge in [-0.05, 0) is 42.3 Å². The standard InChI is InChI=1S/C16H17N3S/c1-11-15(12-7-9-17-10-8-12)16(19(2)18-11)13-3-5-14(20)6-4-13/h3-11,18,20H,1-2H3. The minimum absolute atomic E-state index is 0.271. The fraction of sp³-hybridized carbons (Fsp3) is 0.188. The summed E-state index contributed by atoms with van der Waals surface area (Å²) in [5.41, 5.74) is 8.34. The molecule has 0 fully saturated rings. The van der Waals surface area contributed by atoms with Crippen LogP contribution in [0.2, 0.25) is 0 Å². The van der Waals surface area contributed by atoms with Crippen molar-refractivity contribution >= 4 is 23.9 Å². The Morgan fingerprint density at radius 1 is 1.05 bits per heavy atom. The Morgan fingerprint density at radius 3 is 2.35 bits per heavy atom. The van der Waals surface area contributed by atoms with Crippen molar-refractivity contribution in [1.29, 1.82) is 0 Å². The fourth-order valence-electron chi connectivity index (χ4n) is 2.69. The van der Waals surface area contributed by atoms with E-state index in [0.717, 1.165) is 4.90 Å². The van der Waals surface area contributed by atoms with Gasteiger partial charge in [-0.3, -0.25) is 4.98 Å². The van der Waals surface area contributed by atoms with E-state index in [1.165, 1.54) is 22.4 Å². The molecule has 102 valence electrons. The van der Waals surface area contributed by atoms with Gasteiger partial charge in [0.1, 0.15) is 0 Å². The summed E-state index contributed by atoms with van der Waals surface area (Å²) in [4.78, 5) is 5.08. The molecule has 1 atom stereocenters. The molecule has 2 aromatic rings. The number of hydrogen-bond donors (Lipinski definition) is 2. The fourth-order valence-corrected chi connectivity index (χ4v) is 2.84. The van der Waals surface area contributed by atoms with E-state index in [4.69, 9.17) is 0 Å². The van der Waals surface area contributed by atoms with Crippen molar-refractivity contribution in [2.75, 3.05) is 7.05 Å². The van der Waals surface area contributed by atoms with Gasteiger partial charge in [-0.25, -0.2) is 5.43 Å². The molecule has 0 spiro atoms. The van der Waals surface area contributed by atoms with Crippen molar-refractivity contribution in [1.82, 2.24) is 15.4 Å². The van der Waals surface area contributed by atoms with Crippen LogP contribution >= 0.6 is 12.6 Å². The first kappa shape index (κ1) is 13.2. The predicted molar refractivity (Wildman–Crippen MR) is 85.1 cm³/mol. The van der Waals surface area contributed by atoms with Crippen molar-refractivity contribution in [3.05, 3.63) is 59.9 Å². The molecule has 4 heteroatoms. The van der Waals surface area contributed by atoms with Crippen LogP contribution in [0.25, 0.3) is 11.3 Å². The number of rotatable bonds is 2. The number of thiol groups is 1. The number of hydrogen-bond acceptors (Lipinski definition) is 4. The average molecular weight is 283 g/mol. The normalized spacial score (nSPS) is 18.8. The van der Waals surface area contributed by atoms with E-state index in [-0.39, 0.29) is 6.04 Å². The molecule has 0 radical (unpaired) electrons. The van der Waals surface area contributed by atoms with E-state index in [9.17, 15) is 0 Å². The van der Waals surface area contributed by atoms with E-state index in [1.807, 2.05) is 24.5 Å². The molecule has 1 unspecified atom stereocenters. The maximum atomic E-state index is 4.35. The number of hydrazine groups is 1. The van der Waals surface area contributed by atoms with Crippen LogP contribution in [0.4, 0.5) is 0 Å². The van der Waals surface area contributed by atoms with Crippen LogP contribution in [0.3, 0.4) is 0 Å². The highest BCUT2D eigenvalue weighted by atomic mass is 32.1. The van der Waals surface area contributed by atoms with Gasteiger partial charge >= 0.3 is 0 Å². The predicted octanol–water partition coefficient (Wildman–Crippen LogP) is 3.08. The van der Waals surface area contributed by atoms with Crippen LogP contribution in [-0.4, -0.2) is 23.1 Å². The zero-order chi connectivity index (χ0) is 14.1. The van der Waals surface area contributed by atoms with Crippen LogP contribution in [0.1, 0.15) is 18.1 Å². The summed E-state index contributed by atoms with van der Waals surface area (Å²) in [5.74, 6) is 0. The van der Waals surface area contributed by atoms with Crippen LogP contribution in [0.15, 0.2) is 53.7 Å². The molecule has 0 bridgehead atoms. The highest BCUT2D eigenvalue weighted by Gasteiger charge is 2.27. The Bertz CT molecular complexity index is 635. The Hall–Kier alpha value is -1.78. The molecule has 0 saturated heterocycles. The monoisotopic (exact) mass is 283 g/mol. The first-order valence-electron chi connectivity index (χ1n) is 6.60. The van der Waals surface area contributed by atoms with E-state index < -0.39 is 0 Å². The molecule has 0 aliphatic carbocycles. The maximum absolute atomic E-state index is 4.35. The second kappa shape index (κ2) is 5.31. The minimum Gasteiger partial charge on any atom is -0.310 e. The molecule has 1 N–H and O–H groups in total. The molecule has 3 rings (SSSR count). The van der Waals surface area contributed by atoms with Gasteiger partial charge in [0.15, 0.2) is 0 Å². The first-order chi connectivity index (χ1) is 9.66. The number of pyridine rings is 1. The smallest absolute Gasteiger partial charge is 0.0643 e. The summed E-state index contributed by atoms with van der Waals surface area (Å²) < 4.78 is 0. The van der Waals surface area contributed by atoms with Crippen LogP contribution in [-0.2, 0) is 0 Å². The van der Waals surface area contributed by atoms with Gasteiger partial charge in [-0.1, -0.05) is 12.1 Å². The van der Waals surface area contributed by atoms with Crippen molar-refractivity contribution in [2.24, 2.45) is 0 Å². The topological polar surface area (TPSA) is 28.2 Å². The quantitative estimate of drug-likeness (QED) is 0.830. The molecule has 2 heterocycles. The Balaban J connectivity index is 2.16. The van der Waals surface area contributed by atoms with E-state index in [2.05, 4.69) is 66.3 Å². The summed E-state index contributed by atoms with van der Waals surface area (Å²) in [5, 5.41) is 2.09. The number of nitrogens with zero attached hydrogens (tertiary/aromatic N) is 2. The molecule has 20 heavy (non-hydrogen) atoms. The maximum Gasteiger partial charge on any atom is 0.0643 e. The zero-order valence-electron chi connectivity index (χ0n) is 11.5. The third-order valence-electron chi connectivity index (χ3n) is 3.54. The SMILES string of the molecule is CC1NN(C)C(c2ccc(S)cc2)=C1c1ccncc1. The second-order valence-corrected chi connectivity index (χ2v) is 5.47. The number of benzene rings is 1. The van der Waals surface area contributed by atoms with Crippen LogP contribution in [0, 0.1) is 0 Å². The molecule has 0 amide bonds. The largest absolute Gasteiger partial charge is 0.310 e. The van der Waals surface area contributed by atoms with E-state index in [0.29, 0.717) is 0 Å². The van der Waals surface area contributed by atoms with Crippen LogP contribution in [0.5, 0.6) is 0 Å². The van der Waals surface area contributed by atoms with E-state index >= 15 is 0 Å². The zero-order valence-corrected chi connectivity index (χ0v) is 12.4. The van der Waals surface area contributed by atoms with Crippen molar-refractivity contribution < 1.29 is 0 Å². The Morgan fingerprint density at radius 2 is 1.70 bits per heavy atom. The van der Waals surface area contributed by atoms with Gasteiger partial charge < -0.3 is 5.01 Å².